The second-order valence-corrected chi connectivity index (χ2v) is 5.16. The second kappa shape index (κ2) is 4.07. The molecule has 17 heavy (non-hydrogen) atoms. The average Bonchev–Trinajstić information content (AvgIpc) is 2.40. The van der Waals surface area contributed by atoms with E-state index in [4.69, 9.17) is 0 Å². The summed E-state index contributed by atoms with van der Waals surface area (Å²) in [6.07, 6.45) is 8.87. The summed E-state index contributed by atoms with van der Waals surface area (Å²) in [5.74, 6) is 0.294. The lowest BCUT2D eigenvalue weighted by molar-refractivity contribution is 0.456. The third kappa shape index (κ3) is 1.53. The summed E-state index contributed by atoms with van der Waals surface area (Å²) in [6.45, 7) is 0. The number of rotatable bonds is 0. The fourth-order valence-electron chi connectivity index (χ4n) is 3.43. The van der Waals surface area contributed by atoms with Crippen LogP contribution in [0.2, 0.25) is 0 Å². The van der Waals surface area contributed by atoms with Crippen molar-refractivity contribution in [1.82, 2.24) is 0 Å². The molecule has 2 aliphatic rings. The van der Waals surface area contributed by atoms with Gasteiger partial charge in [-0.15, -0.1) is 0 Å². The first-order valence-corrected chi connectivity index (χ1v) is 6.61. The molecule has 0 atom stereocenters. The van der Waals surface area contributed by atoms with Gasteiger partial charge in [0.1, 0.15) is 11.8 Å². The fourth-order valence-corrected chi connectivity index (χ4v) is 3.43. The highest BCUT2D eigenvalue weighted by molar-refractivity contribution is 5.61. The molecular weight excluding hydrogens is 210 g/mol. The Kier molecular flexibility index (Phi) is 2.55. The van der Waals surface area contributed by atoms with Crippen LogP contribution in [-0.2, 0) is 25.7 Å². The van der Waals surface area contributed by atoms with Crippen LogP contribution in [0.4, 0.5) is 0 Å². The molecule has 0 aromatic heterocycles. The summed E-state index contributed by atoms with van der Waals surface area (Å²) in [6, 6.07) is 2.22. The SMILES string of the molecule is N#Cc1c(O)c2c(c3c1CCCC3)CCCC2. The van der Waals surface area contributed by atoms with E-state index in [-0.39, 0.29) is 0 Å². The summed E-state index contributed by atoms with van der Waals surface area (Å²) in [7, 11) is 0. The fraction of sp³-hybridized carbons (Fsp3) is 0.533. The monoisotopic (exact) mass is 227 g/mol. The number of aromatic hydroxyl groups is 1. The summed E-state index contributed by atoms with van der Waals surface area (Å²) < 4.78 is 0. The van der Waals surface area contributed by atoms with Crippen molar-refractivity contribution < 1.29 is 5.11 Å². The molecule has 0 aliphatic heterocycles. The second-order valence-electron chi connectivity index (χ2n) is 5.16. The smallest absolute Gasteiger partial charge is 0.137 e. The maximum absolute atomic E-state index is 10.3. The molecule has 2 aliphatic carbocycles. The molecule has 88 valence electrons. The molecule has 0 radical (unpaired) electrons. The Morgan fingerprint density at radius 1 is 0.765 bits per heavy atom. The molecule has 0 spiro atoms. The number of fused-ring (bicyclic) bond motifs is 3. The van der Waals surface area contributed by atoms with E-state index in [0.717, 1.165) is 49.7 Å². The molecule has 0 amide bonds. The van der Waals surface area contributed by atoms with E-state index < -0.39 is 0 Å². The molecule has 0 fully saturated rings. The molecule has 0 heterocycles. The molecular formula is C15H17NO. The van der Waals surface area contributed by atoms with E-state index in [0.29, 0.717) is 11.3 Å². The zero-order valence-corrected chi connectivity index (χ0v) is 10.1. The van der Waals surface area contributed by atoms with Crippen molar-refractivity contribution in [1.29, 1.82) is 5.26 Å². The maximum atomic E-state index is 10.3. The summed E-state index contributed by atoms with van der Waals surface area (Å²) in [4.78, 5) is 0. The zero-order valence-electron chi connectivity index (χ0n) is 10.1. The molecule has 3 rings (SSSR count). The number of nitrogens with zero attached hydrogens (tertiary/aromatic N) is 1. The van der Waals surface area contributed by atoms with E-state index in [1.54, 1.807) is 0 Å². The van der Waals surface area contributed by atoms with Gasteiger partial charge < -0.3 is 5.11 Å². The van der Waals surface area contributed by atoms with Crippen LogP contribution in [0.25, 0.3) is 0 Å². The highest BCUT2D eigenvalue weighted by atomic mass is 16.3. The summed E-state index contributed by atoms with van der Waals surface area (Å²) in [5.41, 5.74) is 5.58. The van der Waals surface area contributed by atoms with Gasteiger partial charge in [-0.25, -0.2) is 0 Å². The first kappa shape index (κ1) is 10.7. The van der Waals surface area contributed by atoms with Gasteiger partial charge in [-0.3, -0.25) is 0 Å². The normalized spacial score (nSPS) is 18.1. The van der Waals surface area contributed by atoms with Gasteiger partial charge >= 0.3 is 0 Å². The van der Waals surface area contributed by atoms with Crippen LogP contribution >= 0.6 is 0 Å². The Hall–Kier alpha value is -1.49. The van der Waals surface area contributed by atoms with Gasteiger partial charge in [0.2, 0.25) is 0 Å². The van der Waals surface area contributed by atoms with Crippen molar-refractivity contribution in [2.75, 3.05) is 0 Å². The van der Waals surface area contributed by atoms with Crippen molar-refractivity contribution in [2.24, 2.45) is 0 Å². The van der Waals surface area contributed by atoms with Crippen LogP contribution in [0.3, 0.4) is 0 Å². The van der Waals surface area contributed by atoms with Gasteiger partial charge in [-0.1, -0.05) is 0 Å². The molecule has 0 unspecified atom stereocenters. The van der Waals surface area contributed by atoms with Crippen LogP contribution in [-0.4, -0.2) is 5.11 Å². The summed E-state index contributed by atoms with van der Waals surface area (Å²) in [5, 5.41) is 19.5. The highest BCUT2D eigenvalue weighted by Gasteiger charge is 2.26. The molecule has 0 saturated carbocycles. The number of hydrogen-bond acceptors (Lipinski definition) is 2. The standard InChI is InChI=1S/C15H17NO/c16-9-14-12-7-2-1-5-10(12)11-6-3-4-8-13(11)15(14)17/h17H,1-8H2. The van der Waals surface area contributed by atoms with Crippen molar-refractivity contribution in [3.05, 3.63) is 27.8 Å². The molecule has 1 aromatic carbocycles. The Bertz CT molecular complexity index is 511. The van der Waals surface area contributed by atoms with Gasteiger partial charge in [0.15, 0.2) is 0 Å². The lowest BCUT2D eigenvalue weighted by Gasteiger charge is -2.27. The molecule has 2 nitrogen and oxygen atoms in total. The molecule has 1 aromatic rings. The Balaban J connectivity index is 2.30. The van der Waals surface area contributed by atoms with Crippen LogP contribution < -0.4 is 0 Å². The van der Waals surface area contributed by atoms with Gasteiger partial charge in [0.05, 0.1) is 5.56 Å². The lowest BCUT2D eigenvalue weighted by atomic mass is 9.78. The molecule has 0 bridgehead atoms. The minimum atomic E-state index is 0.294. The van der Waals surface area contributed by atoms with Crippen molar-refractivity contribution in [3.8, 4) is 11.8 Å². The largest absolute Gasteiger partial charge is 0.506 e. The van der Waals surface area contributed by atoms with E-state index in [9.17, 15) is 10.4 Å². The zero-order chi connectivity index (χ0) is 11.8. The van der Waals surface area contributed by atoms with Crippen LogP contribution in [0.1, 0.15) is 53.5 Å². The van der Waals surface area contributed by atoms with Crippen molar-refractivity contribution in [2.45, 2.75) is 51.4 Å². The number of phenols is 1. The topological polar surface area (TPSA) is 44.0 Å². The Labute approximate surface area is 102 Å². The van der Waals surface area contributed by atoms with Crippen LogP contribution in [0.15, 0.2) is 0 Å². The van der Waals surface area contributed by atoms with Crippen LogP contribution in [0, 0.1) is 11.3 Å². The number of benzene rings is 1. The number of nitriles is 1. The molecule has 1 N–H and O–H groups in total. The Morgan fingerprint density at radius 3 is 1.82 bits per heavy atom. The van der Waals surface area contributed by atoms with E-state index >= 15 is 0 Å². The van der Waals surface area contributed by atoms with Crippen molar-refractivity contribution >= 4 is 0 Å². The van der Waals surface area contributed by atoms with Gasteiger partial charge in [0, 0.05) is 0 Å². The predicted octanol–water partition coefficient (Wildman–Crippen LogP) is 3.02. The highest BCUT2D eigenvalue weighted by Crippen LogP contribution is 2.40. The number of phenolic OH excluding ortho intramolecular Hbond substituents is 1. The third-order valence-corrected chi connectivity index (χ3v) is 4.24. The molecule has 0 saturated heterocycles. The van der Waals surface area contributed by atoms with E-state index in [1.807, 2.05) is 0 Å². The first-order chi connectivity index (χ1) is 8.33. The van der Waals surface area contributed by atoms with Crippen molar-refractivity contribution in [3.63, 3.8) is 0 Å². The minimum absolute atomic E-state index is 0.294. The first-order valence-electron chi connectivity index (χ1n) is 6.61. The minimum Gasteiger partial charge on any atom is -0.506 e. The number of hydrogen-bond donors (Lipinski definition) is 1. The van der Waals surface area contributed by atoms with Gasteiger partial charge in [-0.05, 0) is 73.6 Å². The average molecular weight is 227 g/mol. The Morgan fingerprint density at radius 2 is 1.24 bits per heavy atom. The van der Waals surface area contributed by atoms with E-state index in [2.05, 4.69) is 6.07 Å². The van der Waals surface area contributed by atoms with E-state index in [1.165, 1.54) is 24.0 Å². The molecule has 2 heteroatoms. The van der Waals surface area contributed by atoms with Crippen LogP contribution in [0.5, 0.6) is 5.75 Å². The third-order valence-electron chi connectivity index (χ3n) is 4.24. The van der Waals surface area contributed by atoms with Gasteiger partial charge in [-0.2, -0.15) is 5.26 Å². The summed E-state index contributed by atoms with van der Waals surface area (Å²) >= 11 is 0. The van der Waals surface area contributed by atoms with Gasteiger partial charge in [0.25, 0.3) is 0 Å². The predicted molar refractivity (Wildman–Crippen MR) is 66.1 cm³/mol. The lowest BCUT2D eigenvalue weighted by Crippen LogP contribution is -2.15. The quantitative estimate of drug-likeness (QED) is 0.740. The maximum Gasteiger partial charge on any atom is 0.137 e.